The van der Waals surface area contributed by atoms with E-state index in [4.69, 9.17) is 0 Å². The Labute approximate surface area is 190 Å². The topological polar surface area (TPSA) is 54.3 Å². The maximum atomic E-state index is 12.9. The predicted octanol–water partition coefficient (Wildman–Crippen LogP) is 4.08. The van der Waals surface area contributed by atoms with E-state index in [0.29, 0.717) is 18.5 Å². The van der Waals surface area contributed by atoms with E-state index in [1.165, 1.54) is 24.8 Å². The lowest BCUT2D eigenvalue weighted by Crippen LogP contribution is -2.46. The Kier molecular flexibility index (Phi) is 7.67. The molecule has 1 amide bonds. The highest BCUT2D eigenvalue weighted by atomic mass is 32.2. The second-order valence-electron chi connectivity index (χ2n) is 9.04. The van der Waals surface area contributed by atoms with Crippen LogP contribution in [-0.4, -0.2) is 63.2 Å². The van der Waals surface area contributed by atoms with E-state index in [9.17, 15) is 4.79 Å². The van der Waals surface area contributed by atoms with Crippen LogP contribution in [0.4, 0.5) is 0 Å². The van der Waals surface area contributed by atoms with Crippen molar-refractivity contribution in [2.24, 2.45) is 7.05 Å². The average molecular weight is 442 g/mol. The predicted molar refractivity (Wildman–Crippen MR) is 125 cm³/mol. The van der Waals surface area contributed by atoms with Crippen LogP contribution in [-0.2, 0) is 17.6 Å². The lowest BCUT2D eigenvalue weighted by Gasteiger charge is -2.35. The minimum Gasteiger partial charge on any atom is -0.342 e. The summed E-state index contributed by atoms with van der Waals surface area (Å²) in [5.41, 5.74) is 1.29. The molecule has 1 aliphatic carbocycles. The van der Waals surface area contributed by atoms with Crippen LogP contribution in [0.5, 0.6) is 0 Å². The summed E-state index contributed by atoms with van der Waals surface area (Å²) < 4.78 is 2.15. The number of carbonyl (C=O) groups is 1. The van der Waals surface area contributed by atoms with Gasteiger partial charge in [0.25, 0.3) is 0 Å². The van der Waals surface area contributed by atoms with Crippen molar-refractivity contribution >= 4 is 17.7 Å². The van der Waals surface area contributed by atoms with Crippen LogP contribution in [0, 0.1) is 0 Å². The Balaban J connectivity index is 1.33. The molecule has 7 heteroatoms. The van der Waals surface area contributed by atoms with Gasteiger partial charge in [-0.15, -0.1) is 10.2 Å². The van der Waals surface area contributed by atoms with E-state index in [0.717, 1.165) is 55.5 Å². The Morgan fingerprint density at radius 1 is 1.10 bits per heavy atom. The van der Waals surface area contributed by atoms with Gasteiger partial charge in [-0.05, 0) is 37.8 Å². The maximum Gasteiger partial charge on any atom is 0.236 e. The Hall–Kier alpha value is -1.86. The van der Waals surface area contributed by atoms with Crippen LogP contribution in [0.25, 0.3) is 0 Å². The lowest BCUT2D eigenvalue weighted by atomic mass is 9.94. The van der Waals surface area contributed by atoms with Crippen LogP contribution in [0.2, 0.25) is 0 Å². The summed E-state index contributed by atoms with van der Waals surface area (Å²) in [6, 6.07) is 10.9. The highest BCUT2D eigenvalue weighted by molar-refractivity contribution is 7.98. The molecule has 6 nitrogen and oxygen atoms in total. The number of aromatic nitrogens is 3. The fourth-order valence-electron chi connectivity index (χ4n) is 4.91. The van der Waals surface area contributed by atoms with Crippen LogP contribution < -0.4 is 0 Å². The first-order valence-corrected chi connectivity index (χ1v) is 12.6. The molecule has 1 aliphatic heterocycles. The van der Waals surface area contributed by atoms with Gasteiger partial charge in [0.2, 0.25) is 5.91 Å². The first kappa shape index (κ1) is 22.3. The molecule has 1 aromatic carbocycles. The summed E-state index contributed by atoms with van der Waals surface area (Å²) in [4.78, 5) is 17.2. The van der Waals surface area contributed by atoms with Crippen molar-refractivity contribution < 1.29 is 4.79 Å². The minimum absolute atomic E-state index is 0.268. The molecule has 2 heterocycles. The molecule has 2 aromatic rings. The summed E-state index contributed by atoms with van der Waals surface area (Å²) >= 11 is 1.73. The second kappa shape index (κ2) is 10.6. The minimum atomic E-state index is 0.268. The maximum absolute atomic E-state index is 12.9. The van der Waals surface area contributed by atoms with Crippen LogP contribution in [0.15, 0.2) is 35.5 Å². The van der Waals surface area contributed by atoms with E-state index >= 15 is 0 Å². The number of likely N-dealkylation sites (tertiary alicyclic amines) is 1. The molecule has 4 rings (SSSR count). The zero-order valence-corrected chi connectivity index (χ0v) is 19.7. The summed E-state index contributed by atoms with van der Waals surface area (Å²) in [6.07, 6.45) is 8.36. The first-order valence-electron chi connectivity index (χ1n) is 11.7. The summed E-state index contributed by atoms with van der Waals surface area (Å²) in [5.74, 6) is 2.55. The molecule has 1 saturated heterocycles. The standard InChI is InChI=1S/C24H35N5OS/c1-27(21-13-7-4-8-14-21)22(30)17-29-15-9-12-20(16-29)23-25-26-24(28(23)2)31-18-19-10-5-3-6-11-19/h3,5-6,10-11,20-21H,4,7-9,12-18H2,1-2H3. The number of hydrogen-bond acceptors (Lipinski definition) is 5. The molecule has 0 spiro atoms. The summed E-state index contributed by atoms with van der Waals surface area (Å²) in [6.45, 7) is 2.41. The lowest BCUT2D eigenvalue weighted by molar-refractivity contribution is -0.134. The third kappa shape index (κ3) is 5.69. The van der Waals surface area contributed by atoms with Crippen molar-refractivity contribution in [2.45, 2.75) is 67.8 Å². The Bertz CT molecular complexity index is 849. The van der Waals surface area contributed by atoms with Gasteiger partial charge in [0.15, 0.2) is 5.16 Å². The molecule has 0 bridgehead atoms. The molecule has 0 radical (unpaired) electrons. The van der Waals surface area contributed by atoms with Gasteiger partial charge < -0.3 is 9.47 Å². The highest BCUT2D eigenvalue weighted by Gasteiger charge is 2.29. The number of amides is 1. The smallest absolute Gasteiger partial charge is 0.236 e. The number of thioether (sulfide) groups is 1. The number of hydrogen-bond donors (Lipinski definition) is 0. The summed E-state index contributed by atoms with van der Waals surface area (Å²) in [7, 11) is 4.07. The van der Waals surface area contributed by atoms with Crippen molar-refractivity contribution in [3.8, 4) is 0 Å². The second-order valence-corrected chi connectivity index (χ2v) is 9.99. The quantitative estimate of drug-likeness (QED) is 0.606. The molecule has 168 valence electrons. The van der Waals surface area contributed by atoms with Gasteiger partial charge in [-0.2, -0.15) is 0 Å². The molecule has 2 fully saturated rings. The molecular weight excluding hydrogens is 406 g/mol. The zero-order chi connectivity index (χ0) is 21.6. The molecule has 1 atom stereocenters. The average Bonchev–Trinajstić information content (AvgIpc) is 3.19. The number of nitrogens with zero attached hydrogens (tertiary/aromatic N) is 5. The number of rotatable bonds is 7. The largest absolute Gasteiger partial charge is 0.342 e. The third-order valence-corrected chi connectivity index (χ3v) is 7.92. The Morgan fingerprint density at radius 3 is 2.65 bits per heavy atom. The van der Waals surface area contributed by atoms with Gasteiger partial charge in [-0.3, -0.25) is 9.69 Å². The fourth-order valence-corrected chi connectivity index (χ4v) is 5.79. The van der Waals surface area contributed by atoms with Gasteiger partial charge in [-0.25, -0.2) is 0 Å². The van der Waals surface area contributed by atoms with Crippen LogP contribution >= 0.6 is 11.8 Å². The Morgan fingerprint density at radius 2 is 1.87 bits per heavy atom. The van der Waals surface area contributed by atoms with Crippen molar-refractivity contribution in [1.82, 2.24) is 24.6 Å². The molecule has 1 saturated carbocycles. The van der Waals surface area contributed by atoms with E-state index in [-0.39, 0.29) is 5.91 Å². The SMILES string of the molecule is CN(C(=O)CN1CCCC(c2nnc(SCc3ccccc3)n2C)C1)C1CCCCC1. The van der Waals surface area contributed by atoms with Gasteiger partial charge >= 0.3 is 0 Å². The van der Waals surface area contributed by atoms with E-state index in [2.05, 4.69) is 51.0 Å². The van der Waals surface area contributed by atoms with Crippen molar-refractivity contribution in [3.05, 3.63) is 41.7 Å². The first-order chi connectivity index (χ1) is 15.1. The summed E-state index contributed by atoms with van der Waals surface area (Å²) in [5, 5.41) is 9.97. The van der Waals surface area contributed by atoms with Gasteiger partial charge in [-0.1, -0.05) is 61.4 Å². The number of piperidine rings is 1. The van der Waals surface area contributed by atoms with E-state index in [1.807, 2.05) is 18.0 Å². The van der Waals surface area contributed by atoms with Gasteiger partial charge in [0, 0.05) is 38.4 Å². The molecule has 1 aromatic heterocycles. The normalized spacial score (nSPS) is 20.6. The monoisotopic (exact) mass is 441 g/mol. The molecule has 2 aliphatic rings. The van der Waals surface area contributed by atoms with Crippen LogP contribution in [0.3, 0.4) is 0 Å². The van der Waals surface area contributed by atoms with E-state index in [1.54, 1.807) is 11.8 Å². The van der Waals surface area contributed by atoms with Crippen molar-refractivity contribution in [1.29, 1.82) is 0 Å². The molecular formula is C24H35N5OS. The van der Waals surface area contributed by atoms with Crippen molar-refractivity contribution in [2.75, 3.05) is 26.7 Å². The van der Waals surface area contributed by atoms with Crippen molar-refractivity contribution in [3.63, 3.8) is 0 Å². The fraction of sp³-hybridized carbons (Fsp3) is 0.625. The number of likely N-dealkylation sites (N-methyl/N-ethyl adjacent to an activating group) is 1. The molecule has 1 unspecified atom stereocenters. The van der Waals surface area contributed by atoms with Crippen LogP contribution in [0.1, 0.15) is 62.3 Å². The van der Waals surface area contributed by atoms with E-state index < -0.39 is 0 Å². The highest BCUT2D eigenvalue weighted by Crippen LogP contribution is 2.29. The third-order valence-electron chi connectivity index (χ3n) is 6.82. The van der Waals surface area contributed by atoms with Gasteiger partial charge in [0.05, 0.1) is 6.54 Å². The number of carbonyl (C=O) groups excluding carboxylic acids is 1. The van der Waals surface area contributed by atoms with Gasteiger partial charge in [0.1, 0.15) is 5.82 Å². The zero-order valence-electron chi connectivity index (χ0n) is 18.9. The molecule has 31 heavy (non-hydrogen) atoms. The molecule has 0 N–H and O–H groups in total. The number of benzene rings is 1.